The molecular weight excluding hydrogens is 238 g/mol. The Balaban J connectivity index is 2.17. The first-order chi connectivity index (χ1) is 8.15. The Morgan fingerprint density at radius 1 is 1.41 bits per heavy atom. The maximum atomic E-state index is 5.83. The number of nitrogens with zero attached hydrogens (tertiary/aromatic N) is 4. The Kier molecular flexibility index (Phi) is 3.39. The molecule has 17 heavy (non-hydrogen) atoms. The van der Waals surface area contributed by atoms with Crippen LogP contribution in [-0.2, 0) is 6.54 Å². The van der Waals surface area contributed by atoms with Crippen LogP contribution in [0.25, 0.3) is 0 Å². The molecule has 2 aromatic rings. The van der Waals surface area contributed by atoms with Crippen LogP contribution in [0, 0.1) is 0 Å². The molecule has 0 aliphatic carbocycles. The molecule has 2 aromatic heterocycles. The summed E-state index contributed by atoms with van der Waals surface area (Å²) in [5.74, 6) is 0.858. The van der Waals surface area contributed by atoms with Gasteiger partial charge in [0.05, 0.1) is 0 Å². The molecule has 5 nitrogen and oxygen atoms in total. The van der Waals surface area contributed by atoms with Crippen LogP contribution in [0.3, 0.4) is 0 Å². The van der Waals surface area contributed by atoms with Crippen LogP contribution < -0.4 is 10.6 Å². The molecule has 88 valence electrons. The molecule has 2 N–H and O–H groups in total. The van der Waals surface area contributed by atoms with Crippen molar-refractivity contribution >= 4 is 23.4 Å². The molecule has 0 amide bonds. The van der Waals surface area contributed by atoms with Crippen LogP contribution in [-0.4, -0.2) is 22.0 Å². The molecule has 0 atom stereocenters. The lowest BCUT2D eigenvalue weighted by molar-refractivity contribution is 0.888. The van der Waals surface area contributed by atoms with Gasteiger partial charge in [0.2, 0.25) is 5.95 Å². The second-order valence-corrected chi connectivity index (χ2v) is 4.01. The SMILES string of the molecule is CN(Cc1cccnc1)c1cc(Cl)nc(N)n1. The van der Waals surface area contributed by atoms with Crippen molar-refractivity contribution in [1.29, 1.82) is 0 Å². The molecule has 0 spiro atoms. The van der Waals surface area contributed by atoms with E-state index in [0.717, 1.165) is 5.56 Å². The lowest BCUT2D eigenvalue weighted by Gasteiger charge is -2.18. The second-order valence-electron chi connectivity index (χ2n) is 3.62. The van der Waals surface area contributed by atoms with Gasteiger partial charge in [-0.15, -0.1) is 0 Å². The number of aromatic nitrogens is 3. The maximum Gasteiger partial charge on any atom is 0.223 e. The first-order valence-corrected chi connectivity index (χ1v) is 5.43. The third-order valence-corrected chi connectivity index (χ3v) is 2.43. The summed E-state index contributed by atoms with van der Waals surface area (Å²) in [6.07, 6.45) is 3.55. The molecule has 2 rings (SSSR count). The predicted octanol–water partition coefficient (Wildman–Crippen LogP) is 1.74. The van der Waals surface area contributed by atoms with Gasteiger partial charge < -0.3 is 10.6 Å². The number of rotatable bonds is 3. The summed E-state index contributed by atoms with van der Waals surface area (Å²) in [4.78, 5) is 13.9. The van der Waals surface area contributed by atoms with E-state index >= 15 is 0 Å². The van der Waals surface area contributed by atoms with Crippen molar-refractivity contribution < 1.29 is 0 Å². The van der Waals surface area contributed by atoms with Crippen LogP contribution in [0.5, 0.6) is 0 Å². The van der Waals surface area contributed by atoms with E-state index in [4.69, 9.17) is 17.3 Å². The molecular formula is C11H12ClN5. The van der Waals surface area contributed by atoms with E-state index in [-0.39, 0.29) is 5.95 Å². The molecule has 0 saturated heterocycles. The minimum Gasteiger partial charge on any atom is -0.368 e. The van der Waals surface area contributed by atoms with Crippen LogP contribution in [0.1, 0.15) is 5.56 Å². The van der Waals surface area contributed by atoms with Gasteiger partial charge in [0.25, 0.3) is 0 Å². The first-order valence-electron chi connectivity index (χ1n) is 5.05. The predicted molar refractivity (Wildman–Crippen MR) is 67.8 cm³/mol. The minimum atomic E-state index is 0.172. The van der Waals surface area contributed by atoms with Crippen LogP contribution >= 0.6 is 11.6 Å². The summed E-state index contributed by atoms with van der Waals surface area (Å²) in [6.45, 7) is 0.681. The smallest absolute Gasteiger partial charge is 0.223 e. The van der Waals surface area contributed by atoms with Crippen molar-refractivity contribution in [3.05, 3.63) is 41.3 Å². The summed E-state index contributed by atoms with van der Waals surface area (Å²) in [5.41, 5.74) is 6.63. The Hall–Kier alpha value is -1.88. The van der Waals surface area contributed by atoms with Gasteiger partial charge >= 0.3 is 0 Å². The standard InChI is InChI=1S/C11H12ClN5/c1-17(7-8-3-2-4-14-6-8)10-5-9(12)15-11(13)16-10/h2-6H,7H2,1H3,(H2,13,15,16). The van der Waals surface area contributed by atoms with Gasteiger partial charge in [-0.2, -0.15) is 4.98 Å². The van der Waals surface area contributed by atoms with Crippen LogP contribution in [0.2, 0.25) is 5.15 Å². The first kappa shape index (κ1) is 11.6. The van der Waals surface area contributed by atoms with E-state index in [1.165, 1.54) is 0 Å². The van der Waals surface area contributed by atoms with Gasteiger partial charge in [0.1, 0.15) is 11.0 Å². The molecule has 0 aliphatic heterocycles. The highest BCUT2D eigenvalue weighted by atomic mass is 35.5. The van der Waals surface area contributed by atoms with Crippen molar-refractivity contribution in [2.45, 2.75) is 6.54 Å². The van der Waals surface area contributed by atoms with E-state index in [2.05, 4.69) is 15.0 Å². The van der Waals surface area contributed by atoms with E-state index in [1.807, 2.05) is 30.3 Å². The minimum absolute atomic E-state index is 0.172. The number of hydrogen-bond acceptors (Lipinski definition) is 5. The van der Waals surface area contributed by atoms with Gasteiger partial charge in [-0.05, 0) is 11.6 Å². The van der Waals surface area contributed by atoms with Crippen molar-refractivity contribution in [3.63, 3.8) is 0 Å². The normalized spacial score (nSPS) is 10.2. The molecule has 0 aliphatic rings. The van der Waals surface area contributed by atoms with Gasteiger partial charge in [-0.1, -0.05) is 17.7 Å². The molecule has 0 unspecified atom stereocenters. The Bertz CT molecular complexity index is 482. The highest BCUT2D eigenvalue weighted by molar-refractivity contribution is 6.29. The van der Waals surface area contributed by atoms with Gasteiger partial charge in [-0.3, -0.25) is 4.98 Å². The fourth-order valence-corrected chi connectivity index (χ4v) is 1.65. The Labute approximate surface area is 104 Å². The fraction of sp³-hybridized carbons (Fsp3) is 0.182. The third-order valence-electron chi connectivity index (χ3n) is 2.23. The third kappa shape index (κ3) is 3.04. The van der Waals surface area contributed by atoms with Crippen molar-refractivity contribution in [3.8, 4) is 0 Å². The molecule has 0 bridgehead atoms. The number of nitrogen functional groups attached to an aromatic ring is 1. The molecule has 0 saturated carbocycles. The van der Waals surface area contributed by atoms with E-state index in [0.29, 0.717) is 17.5 Å². The topological polar surface area (TPSA) is 67.9 Å². The number of hydrogen-bond donors (Lipinski definition) is 1. The molecule has 0 radical (unpaired) electrons. The average Bonchev–Trinajstić information content (AvgIpc) is 2.29. The van der Waals surface area contributed by atoms with Gasteiger partial charge in [0, 0.05) is 32.1 Å². The van der Waals surface area contributed by atoms with E-state index in [1.54, 1.807) is 12.3 Å². The monoisotopic (exact) mass is 249 g/mol. The Morgan fingerprint density at radius 3 is 2.88 bits per heavy atom. The summed E-state index contributed by atoms with van der Waals surface area (Å²) < 4.78 is 0. The van der Waals surface area contributed by atoms with Gasteiger partial charge in [0.15, 0.2) is 0 Å². The number of anilines is 2. The second kappa shape index (κ2) is 4.97. The zero-order valence-corrected chi connectivity index (χ0v) is 10.1. The quantitative estimate of drug-likeness (QED) is 0.840. The van der Waals surface area contributed by atoms with Crippen molar-refractivity contribution in [2.75, 3.05) is 17.7 Å². The largest absolute Gasteiger partial charge is 0.368 e. The summed E-state index contributed by atoms with van der Waals surface area (Å²) >= 11 is 5.83. The Morgan fingerprint density at radius 2 is 2.24 bits per heavy atom. The van der Waals surface area contributed by atoms with E-state index < -0.39 is 0 Å². The molecule has 0 fully saturated rings. The molecule has 2 heterocycles. The zero-order valence-electron chi connectivity index (χ0n) is 9.34. The number of nitrogens with two attached hydrogens (primary N) is 1. The maximum absolute atomic E-state index is 5.83. The lowest BCUT2D eigenvalue weighted by atomic mass is 10.3. The lowest BCUT2D eigenvalue weighted by Crippen LogP contribution is -2.18. The summed E-state index contributed by atoms with van der Waals surface area (Å²) in [5, 5.41) is 0.338. The summed E-state index contributed by atoms with van der Waals surface area (Å²) in [6, 6.07) is 5.56. The summed E-state index contributed by atoms with van der Waals surface area (Å²) in [7, 11) is 1.91. The highest BCUT2D eigenvalue weighted by Gasteiger charge is 2.06. The molecule has 6 heteroatoms. The van der Waals surface area contributed by atoms with Crippen LogP contribution in [0.15, 0.2) is 30.6 Å². The number of pyridine rings is 1. The highest BCUT2D eigenvalue weighted by Crippen LogP contribution is 2.17. The van der Waals surface area contributed by atoms with Crippen molar-refractivity contribution in [1.82, 2.24) is 15.0 Å². The fourth-order valence-electron chi connectivity index (χ4n) is 1.46. The zero-order chi connectivity index (χ0) is 12.3. The van der Waals surface area contributed by atoms with E-state index in [9.17, 15) is 0 Å². The van der Waals surface area contributed by atoms with Crippen LogP contribution in [0.4, 0.5) is 11.8 Å². The van der Waals surface area contributed by atoms with Crippen molar-refractivity contribution in [2.24, 2.45) is 0 Å². The average molecular weight is 250 g/mol. The van der Waals surface area contributed by atoms with Gasteiger partial charge in [-0.25, -0.2) is 4.98 Å². The molecule has 0 aromatic carbocycles. The number of halogens is 1.